The van der Waals surface area contributed by atoms with Gasteiger partial charge in [-0.05, 0) is 24.1 Å². The second kappa shape index (κ2) is 6.22. The molecule has 1 aromatic carbocycles. The average Bonchev–Trinajstić information content (AvgIpc) is 2.94. The predicted molar refractivity (Wildman–Crippen MR) is 72.3 cm³/mol. The lowest BCUT2D eigenvalue weighted by atomic mass is 9.91. The molecule has 0 amide bonds. The Kier molecular flexibility index (Phi) is 4.37. The van der Waals surface area contributed by atoms with Crippen LogP contribution in [0.2, 0.25) is 0 Å². The van der Waals surface area contributed by atoms with Crippen molar-refractivity contribution in [1.82, 2.24) is 0 Å². The number of benzene rings is 1. The highest BCUT2D eigenvalue weighted by Crippen LogP contribution is 2.32. The molecular formula is C16H18O2. The standard InChI is InChI=1S/C16H18O2/c1-2-3-10-14(13-8-5-4-6-9-13)16(17)15-11-7-12-18-15/h3-12,14,16-17H,2H2,1H3/b10-3+. The molecule has 0 spiro atoms. The smallest absolute Gasteiger partial charge is 0.133 e. The number of rotatable bonds is 5. The van der Waals surface area contributed by atoms with Crippen LogP contribution in [-0.2, 0) is 0 Å². The average molecular weight is 242 g/mol. The number of hydrogen-bond acceptors (Lipinski definition) is 2. The van der Waals surface area contributed by atoms with Gasteiger partial charge in [-0.3, -0.25) is 0 Å². The quantitative estimate of drug-likeness (QED) is 0.802. The molecule has 2 heteroatoms. The van der Waals surface area contributed by atoms with Crippen LogP contribution in [-0.4, -0.2) is 5.11 Å². The van der Waals surface area contributed by atoms with Crippen LogP contribution in [0.3, 0.4) is 0 Å². The summed E-state index contributed by atoms with van der Waals surface area (Å²) in [6, 6.07) is 13.6. The summed E-state index contributed by atoms with van der Waals surface area (Å²) in [5.74, 6) is 0.530. The summed E-state index contributed by atoms with van der Waals surface area (Å²) in [4.78, 5) is 0. The van der Waals surface area contributed by atoms with E-state index < -0.39 is 6.10 Å². The lowest BCUT2D eigenvalue weighted by Crippen LogP contribution is -2.08. The van der Waals surface area contributed by atoms with Gasteiger partial charge < -0.3 is 9.52 Å². The highest BCUT2D eigenvalue weighted by molar-refractivity contribution is 5.27. The molecule has 0 saturated heterocycles. The molecule has 2 rings (SSSR count). The maximum absolute atomic E-state index is 10.4. The number of allylic oxidation sites excluding steroid dienone is 1. The van der Waals surface area contributed by atoms with E-state index in [1.807, 2.05) is 36.4 Å². The fourth-order valence-corrected chi connectivity index (χ4v) is 1.99. The minimum absolute atomic E-state index is 0.0719. The molecule has 2 nitrogen and oxygen atoms in total. The largest absolute Gasteiger partial charge is 0.467 e. The zero-order valence-electron chi connectivity index (χ0n) is 10.5. The fraction of sp³-hybridized carbons (Fsp3) is 0.250. The second-order valence-corrected chi connectivity index (χ2v) is 4.23. The van der Waals surface area contributed by atoms with Crippen molar-refractivity contribution in [2.24, 2.45) is 0 Å². The van der Waals surface area contributed by atoms with Crippen molar-refractivity contribution >= 4 is 0 Å². The molecular weight excluding hydrogens is 224 g/mol. The van der Waals surface area contributed by atoms with Gasteiger partial charge in [0, 0.05) is 5.92 Å². The Labute approximate surface area is 108 Å². The third kappa shape index (κ3) is 2.90. The molecule has 1 aromatic heterocycles. The minimum Gasteiger partial charge on any atom is -0.467 e. The molecule has 0 radical (unpaired) electrons. The third-order valence-corrected chi connectivity index (χ3v) is 2.94. The fourth-order valence-electron chi connectivity index (χ4n) is 1.99. The van der Waals surface area contributed by atoms with Gasteiger partial charge in [-0.1, -0.05) is 49.4 Å². The van der Waals surface area contributed by atoms with E-state index in [2.05, 4.69) is 13.0 Å². The molecule has 1 N–H and O–H groups in total. The van der Waals surface area contributed by atoms with Gasteiger partial charge in [0.15, 0.2) is 0 Å². The van der Waals surface area contributed by atoms with Crippen molar-refractivity contribution < 1.29 is 9.52 Å². The molecule has 0 saturated carbocycles. The monoisotopic (exact) mass is 242 g/mol. The molecule has 0 fully saturated rings. The summed E-state index contributed by atoms with van der Waals surface area (Å²) >= 11 is 0. The van der Waals surface area contributed by atoms with E-state index in [1.54, 1.807) is 18.4 Å². The first-order chi connectivity index (χ1) is 8.83. The summed E-state index contributed by atoms with van der Waals surface area (Å²) < 4.78 is 5.29. The lowest BCUT2D eigenvalue weighted by Gasteiger charge is -2.18. The molecule has 0 bridgehead atoms. The summed E-state index contributed by atoms with van der Waals surface area (Å²) in [6.45, 7) is 2.08. The Morgan fingerprint density at radius 3 is 2.56 bits per heavy atom. The van der Waals surface area contributed by atoms with Crippen LogP contribution in [0.1, 0.15) is 36.7 Å². The Morgan fingerprint density at radius 2 is 1.94 bits per heavy atom. The number of hydrogen-bond donors (Lipinski definition) is 1. The first-order valence-electron chi connectivity index (χ1n) is 6.26. The molecule has 18 heavy (non-hydrogen) atoms. The SMILES string of the molecule is CC/C=C/C(c1ccccc1)C(O)c1ccco1. The van der Waals surface area contributed by atoms with Crippen LogP contribution >= 0.6 is 0 Å². The van der Waals surface area contributed by atoms with E-state index in [0.29, 0.717) is 5.76 Å². The van der Waals surface area contributed by atoms with E-state index in [0.717, 1.165) is 12.0 Å². The van der Waals surface area contributed by atoms with Crippen LogP contribution in [0.4, 0.5) is 0 Å². The van der Waals surface area contributed by atoms with Gasteiger partial charge in [-0.2, -0.15) is 0 Å². The van der Waals surface area contributed by atoms with Crippen molar-refractivity contribution in [2.45, 2.75) is 25.4 Å². The normalized spacial score (nSPS) is 14.8. The van der Waals surface area contributed by atoms with E-state index in [9.17, 15) is 5.11 Å². The number of aliphatic hydroxyl groups excluding tert-OH is 1. The van der Waals surface area contributed by atoms with Gasteiger partial charge in [-0.15, -0.1) is 0 Å². The minimum atomic E-state index is -0.648. The van der Waals surface area contributed by atoms with E-state index in [1.165, 1.54) is 0 Å². The molecule has 2 unspecified atom stereocenters. The van der Waals surface area contributed by atoms with Crippen molar-refractivity contribution in [3.05, 3.63) is 72.2 Å². The molecule has 0 aliphatic rings. The van der Waals surface area contributed by atoms with Crippen LogP contribution in [0.15, 0.2) is 65.3 Å². The Balaban J connectivity index is 2.28. The van der Waals surface area contributed by atoms with Crippen molar-refractivity contribution in [3.8, 4) is 0 Å². The van der Waals surface area contributed by atoms with Crippen molar-refractivity contribution in [2.75, 3.05) is 0 Å². The zero-order valence-corrected chi connectivity index (χ0v) is 10.5. The third-order valence-electron chi connectivity index (χ3n) is 2.94. The van der Waals surface area contributed by atoms with Gasteiger partial charge in [0.05, 0.1) is 6.26 Å². The zero-order chi connectivity index (χ0) is 12.8. The van der Waals surface area contributed by atoms with Crippen LogP contribution < -0.4 is 0 Å². The summed E-state index contributed by atoms with van der Waals surface area (Å²) in [7, 11) is 0. The van der Waals surface area contributed by atoms with Gasteiger partial charge in [-0.25, -0.2) is 0 Å². The van der Waals surface area contributed by atoms with Crippen molar-refractivity contribution in [1.29, 1.82) is 0 Å². The van der Waals surface area contributed by atoms with Gasteiger partial charge in [0.2, 0.25) is 0 Å². The van der Waals surface area contributed by atoms with Crippen LogP contribution in [0.25, 0.3) is 0 Å². The van der Waals surface area contributed by atoms with E-state index in [4.69, 9.17) is 4.42 Å². The summed E-state index contributed by atoms with van der Waals surface area (Å²) in [6.07, 6.45) is 6.01. The maximum atomic E-state index is 10.4. The topological polar surface area (TPSA) is 33.4 Å². The highest BCUT2D eigenvalue weighted by atomic mass is 16.4. The van der Waals surface area contributed by atoms with Crippen LogP contribution in [0.5, 0.6) is 0 Å². The molecule has 2 atom stereocenters. The Bertz CT molecular complexity index is 471. The van der Waals surface area contributed by atoms with Gasteiger partial charge in [0.1, 0.15) is 11.9 Å². The Hall–Kier alpha value is -1.80. The number of furan rings is 1. The van der Waals surface area contributed by atoms with Gasteiger partial charge in [0.25, 0.3) is 0 Å². The highest BCUT2D eigenvalue weighted by Gasteiger charge is 2.22. The molecule has 1 heterocycles. The maximum Gasteiger partial charge on any atom is 0.133 e. The molecule has 0 aliphatic carbocycles. The first kappa shape index (κ1) is 12.7. The second-order valence-electron chi connectivity index (χ2n) is 4.23. The first-order valence-corrected chi connectivity index (χ1v) is 6.26. The number of aliphatic hydroxyl groups is 1. The van der Waals surface area contributed by atoms with E-state index in [-0.39, 0.29) is 5.92 Å². The lowest BCUT2D eigenvalue weighted by molar-refractivity contribution is 0.135. The van der Waals surface area contributed by atoms with Crippen molar-refractivity contribution in [3.63, 3.8) is 0 Å². The Morgan fingerprint density at radius 1 is 1.17 bits per heavy atom. The van der Waals surface area contributed by atoms with Gasteiger partial charge >= 0.3 is 0 Å². The molecule has 0 aliphatic heterocycles. The van der Waals surface area contributed by atoms with Crippen LogP contribution in [0, 0.1) is 0 Å². The summed E-state index contributed by atoms with van der Waals surface area (Å²) in [5.41, 5.74) is 1.09. The predicted octanol–water partition coefficient (Wildman–Crippen LogP) is 4.06. The molecule has 94 valence electrons. The molecule has 2 aromatic rings. The van der Waals surface area contributed by atoms with E-state index >= 15 is 0 Å². The summed E-state index contributed by atoms with van der Waals surface area (Å²) in [5, 5.41) is 10.4.